The zero-order valence-electron chi connectivity index (χ0n) is 19.4. The summed E-state index contributed by atoms with van der Waals surface area (Å²) in [5.41, 5.74) is 3.30. The van der Waals surface area contributed by atoms with Crippen LogP contribution in [-0.2, 0) is 16.2 Å². The van der Waals surface area contributed by atoms with Gasteiger partial charge in [0, 0.05) is 10.6 Å². The highest BCUT2D eigenvalue weighted by atomic mass is 35.5. The van der Waals surface area contributed by atoms with Crippen LogP contribution in [0, 0.1) is 13.8 Å². The minimum atomic E-state index is -1.15. The number of ether oxygens (including phenoxy) is 1. The third-order valence-electron chi connectivity index (χ3n) is 5.42. The summed E-state index contributed by atoms with van der Waals surface area (Å²) in [5.74, 6) is -2.50. The number of amides is 4. The number of rotatable bonds is 6. The highest BCUT2D eigenvalue weighted by molar-refractivity contribution is 6.39. The minimum absolute atomic E-state index is 0.0139. The molecule has 0 aliphatic carbocycles. The minimum Gasteiger partial charge on any atom is -0.488 e. The summed E-state index contributed by atoms with van der Waals surface area (Å²) in [6.45, 7) is 4.23. The number of imide groups is 2. The fourth-order valence-corrected chi connectivity index (χ4v) is 4.06. The van der Waals surface area contributed by atoms with Crippen LogP contribution in [0.1, 0.15) is 32.6 Å². The first-order valence-corrected chi connectivity index (χ1v) is 11.2. The molecule has 1 saturated heterocycles. The molecule has 0 aromatic heterocycles. The van der Waals surface area contributed by atoms with Gasteiger partial charge in [0.25, 0.3) is 11.8 Å². The zero-order valence-corrected chi connectivity index (χ0v) is 20.1. The number of benzene rings is 3. The predicted octanol–water partition coefficient (Wildman–Crippen LogP) is 4.90. The molecule has 2 N–H and O–H groups in total. The van der Waals surface area contributed by atoms with Crippen LogP contribution in [0.4, 0.5) is 10.5 Å². The SMILES string of the molecule is Cc1cc(C)cc(COc2ccc(Cl)cc2/C=C2\C(=O)NC(=O)N(c3ccc(C(=O)O)cc3)C2=O)c1. The average Bonchev–Trinajstić information content (AvgIpc) is 2.81. The Bertz CT molecular complexity index is 1410. The number of carbonyl (C=O) groups is 4. The number of nitrogens with one attached hydrogen (secondary N) is 1. The molecule has 1 aliphatic rings. The molecule has 0 unspecified atom stereocenters. The van der Waals surface area contributed by atoms with E-state index in [-0.39, 0.29) is 23.4 Å². The largest absolute Gasteiger partial charge is 0.488 e. The molecule has 1 fully saturated rings. The molecule has 182 valence electrons. The first kappa shape index (κ1) is 24.7. The normalized spacial score (nSPS) is 14.7. The Morgan fingerprint density at radius 1 is 1.00 bits per heavy atom. The number of hydrogen-bond acceptors (Lipinski definition) is 5. The second-order valence-corrected chi connectivity index (χ2v) is 8.71. The number of carboxylic acid groups (broad SMARTS) is 1. The maximum absolute atomic E-state index is 13.2. The van der Waals surface area contributed by atoms with Crippen molar-refractivity contribution in [3.63, 3.8) is 0 Å². The standard InChI is InChI=1S/C27H21ClN2O6/c1-15-9-16(2)11-17(10-15)14-36-23-8-5-20(28)12-19(23)13-22-24(31)29-27(35)30(25(22)32)21-6-3-18(4-7-21)26(33)34/h3-13H,14H2,1-2H3,(H,33,34)(H,29,31,35)/b22-13+. The molecule has 4 rings (SSSR count). The number of hydrogen-bond donors (Lipinski definition) is 2. The third-order valence-corrected chi connectivity index (χ3v) is 5.66. The van der Waals surface area contributed by atoms with Gasteiger partial charge in [-0.25, -0.2) is 14.5 Å². The van der Waals surface area contributed by atoms with Crippen molar-refractivity contribution in [3.8, 4) is 5.75 Å². The third kappa shape index (κ3) is 5.29. The smallest absolute Gasteiger partial charge is 0.335 e. The van der Waals surface area contributed by atoms with Crippen molar-refractivity contribution in [1.82, 2.24) is 5.32 Å². The van der Waals surface area contributed by atoms with Crippen molar-refractivity contribution in [2.24, 2.45) is 0 Å². The Balaban J connectivity index is 1.66. The van der Waals surface area contributed by atoms with Crippen LogP contribution in [0.5, 0.6) is 5.75 Å². The monoisotopic (exact) mass is 504 g/mol. The van der Waals surface area contributed by atoms with Gasteiger partial charge in [-0.15, -0.1) is 0 Å². The van der Waals surface area contributed by atoms with E-state index in [0.29, 0.717) is 16.3 Å². The number of aromatic carboxylic acids is 1. The van der Waals surface area contributed by atoms with Gasteiger partial charge in [-0.1, -0.05) is 40.9 Å². The average molecular weight is 505 g/mol. The summed E-state index contributed by atoms with van der Waals surface area (Å²) in [4.78, 5) is 50.1. The number of anilines is 1. The topological polar surface area (TPSA) is 113 Å². The predicted molar refractivity (Wildman–Crippen MR) is 134 cm³/mol. The molecular weight excluding hydrogens is 484 g/mol. The van der Waals surface area contributed by atoms with E-state index in [0.717, 1.165) is 21.6 Å². The lowest BCUT2D eigenvalue weighted by molar-refractivity contribution is -0.122. The number of urea groups is 1. The van der Waals surface area contributed by atoms with E-state index in [1.54, 1.807) is 18.2 Å². The Kier molecular flexibility index (Phi) is 6.89. The summed E-state index contributed by atoms with van der Waals surface area (Å²) in [5, 5.41) is 11.6. The van der Waals surface area contributed by atoms with Crippen molar-refractivity contribution >= 4 is 47.2 Å². The summed E-state index contributed by atoms with van der Waals surface area (Å²) >= 11 is 6.17. The van der Waals surface area contributed by atoms with Crippen molar-refractivity contribution in [2.45, 2.75) is 20.5 Å². The molecule has 8 nitrogen and oxygen atoms in total. The van der Waals surface area contributed by atoms with E-state index in [1.165, 1.54) is 30.3 Å². The lowest BCUT2D eigenvalue weighted by atomic mass is 10.1. The van der Waals surface area contributed by atoms with Crippen molar-refractivity contribution in [3.05, 3.63) is 99.1 Å². The Labute approximate surface area is 211 Å². The van der Waals surface area contributed by atoms with E-state index in [9.17, 15) is 19.2 Å². The summed E-state index contributed by atoms with van der Waals surface area (Å²) < 4.78 is 5.99. The molecule has 0 spiro atoms. The van der Waals surface area contributed by atoms with Gasteiger partial charge >= 0.3 is 12.0 Å². The maximum Gasteiger partial charge on any atom is 0.335 e. The Morgan fingerprint density at radius 2 is 1.67 bits per heavy atom. The lowest BCUT2D eigenvalue weighted by Crippen LogP contribution is -2.54. The van der Waals surface area contributed by atoms with Crippen LogP contribution in [0.3, 0.4) is 0 Å². The summed E-state index contributed by atoms with van der Waals surface area (Å²) in [7, 11) is 0. The van der Waals surface area contributed by atoms with E-state index < -0.39 is 23.8 Å². The van der Waals surface area contributed by atoms with Gasteiger partial charge in [-0.05, 0) is 68.0 Å². The van der Waals surface area contributed by atoms with Gasteiger partial charge in [0.15, 0.2) is 0 Å². The van der Waals surface area contributed by atoms with Crippen molar-refractivity contribution in [1.29, 1.82) is 0 Å². The molecule has 1 aliphatic heterocycles. The highest BCUT2D eigenvalue weighted by Gasteiger charge is 2.37. The molecular formula is C27H21ClN2O6. The van der Waals surface area contributed by atoms with Crippen LogP contribution in [0.25, 0.3) is 6.08 Å². The number of barbiturate groups is 1. The highest BCUT2D eigenvalue weighted by Crippen LogP contribution is 2.29. The van der Waals surface area contributed by atoms with Crippen LogP contribution in [-0.4, -0.2) is 28.9 Å². The zero-order chi connectivity index (χ0) is 26.0. The van der Waals surface area contributed by atoms with E-state index >= 15 is 0 Å². The molecule has 3 aromatic rings. The van der Waals surface area contributed by atoms with Gasteiger partial charge in [0.1, 0.15) is 17.9 Å². The number of halogens is 1. The molecule has 0 atom stereocenters. The molecule has 0 bridgehead atoms. The first-order valence-electron chi connectivity index (χ1n) is 10.9. The molecule has 9 heteroatoms. The Morgan fingerprint density at radius 3 is 2.31 bits per heavy atom. The lowest BCUT2D eigenvalue weighted by Gasteiger charge is -2.26. The molecule has 36 heavy (non-hydrogen) atoms. The van der Waals surface area contributed by atoms with E-state index in [2.05, 4.69) is 11.4 Å². The fraction of sp³-hybridized carbons (Fsp3) is 0.111. The second-order valence-electron chi connectivity index (χ2n) is 8.28. The van der Waals surface area contributed by atoms with Gasteiger partial charge < -0.3 is 9.84 Å². The molecule has 0 radical (unpaired) electrons. The molecule has 1 heterocycles. The van der Waals surface area contributed by atoms with Crippen molar-refractivity contribution < 1.29 is 29.0 Å². The second kappa shape index (κ2) is 10.1. The molecule has 4 amide bonds. The fourth-order valence-electron chi connectivity index (χ4n) is 3.88. The number of aryl methyl sites for hydroxylation is 2. The van der Waals surface area contributed by atoms with Crippen LogP contribution < -0.4 is 15.0 Å². The van der Waals surface area contributed by atoms with Crippen LogP contribution in [0.2, 0.25) is 5.02 Å². The first-order chi connectivity index (χ1) is 17.1. The van der Waals surface area contributed by atoms with E-state index in [4.69, 9.17) is 21.4 Å². The number of carboxylic acids is 1. The number of nitrogens with zero attached hydrogens (tertiary/aromatic N) is 1. The van der Waals surface area contributed by atoms with Gasteiger partial charge in [0.05, 0.1) is 11.3 Å². The summed E-state index contributed by atoms with van der Waals surface area (Å²) in [6.07, 6.45) is 1.31. The van der Waals surface area contributed by atoms with Crippen molar-refractivity contribution in [2.75, 3.05) is 4.90 Å². The van der Waals surface area contributed by atoms with Crippen LogP contribution >= 0.6 is 11.6 Å². The van der Waals surface area contributed by atoms with Gasteiger partial charge in [-0.3, -0.25) is 14.9 Å². The maximum atomic E-state index is 13.2. The Hall–Kier alpha value is -4.43. The van der Waals surface area contributed by atoms with Crippen LogP contribution in [0.15, 0.2) is 66.2 Å². The number of carbonyl (C=O) groups excluding carboxylic acids is 3. The van der Waals surface area contributed by atoms with Gasteiger partial charge in [-0.2, -0.15) is 0 Å². The van der Waals surface area contributed by atoms with Gasteiger partial charge in [0.2, 0.25) is 0 Å². The molecule has 3 aromatic carbocycles. The van der Waals surface area contributed by atoms with E-state index in [1.807, 2.05) is 26.0 Å². The quantitative estimate of drug-likeness (QED) is 0.364. The molecule has 0 saturated carbocycles. The summed E-state index contributed by atoms with van der Waals surface area (Å²) in [6, 6.07) is 15.1.